The molecular formula is C20H24N2O3. The SMILES string of the molecule is CCCNC(=O)c1cccc(NC(=O)C(C)Oc2ccccc2C)c1. The van der Waals surface area contributed by atoms with Crippen LogP contribution in [0, 0.1) is 6.92 Å². The fraction of sp³-hybridized carbons (Fsp3) is 0.300. The van der Waals surface area contributed by atoms with Crippen LogP contribution in [0.15, 0.2) is 48.5 Å². The molecule has 0 saturated heterocycles. The van der Waals surface area contributed by atoms with Gasteiger partial charge in [-0.15, -0.1) is 0 Å². The molecular weight excluding hydrogens is 316 g/mol. The number of carbonyl (C=O) groups excluding carboxylic acids is 2. The van der Waals surface area contributed by atoms with Crippen LogP contribution in [0.4, 0.5) is 5.69 Å². The Morgan fingerprint density at radius 2 is 1.88 bits per heavy atom. The number of benzene rings is 2. The van der Waals surface area contributed by atoms with Crippen LogP contribution in [0.3, 0.4) is 0 Å². The molecule has 2 rings (SSSR count). The van der Waals surface area contributed by atoms with Gasteiger partial charge in [0.05, 0.1) is 0 Å². The molecule has 5 nitrogen and oxygen atoms in total. The maximum Gasteiger partial charge on any atom is 0.265 e. The van der Waals surface area contributed by atoms with Crippen LogP contribution in [-0.4, -0.2) is 24.5 Å². The third-order valence-electron chi connectivity index (χ3n) is 3.69. The number of aryl methyl sites for hydroxylation is 1. The van der Waals surface area contributed by atoms with Gasteiger partial charge in [0.15, 0.2) is 6.10 Å². The molecule has 2 aromatic rings. The summed E-state index contributed by atoms with van der Waals surface area (Å²) >= 11 is 0. The predicted molar refractivity (Wildman–Crippen MR) is 99.0 cm³/mol. The van der Waals surface area contributed by atoms with Crippen LogP contribution >= 0.6 is 0 Å². The lowest BCUT2D eigenvalue weighted by atomic mass is 10.2. The molecule has 5 heteroatoms. The summed E-state index contributed by atoms with van der Waals surface area (Å²) in [5, 5.41) is 5.60. The molecule has 2 amide bonds. The molecule has 0 bridgehead atoms. The Labute approximate surface area is 148 Å². The summed E-state index contributed by atoms with van der Waals surface area (Å²) in [5.41, 5.74) is 2.05. The number of anilines is 1. The number of ether oxygens (including phenoxy) is 1. The highest BCUT2D eigenvalue weighted by Gasteiger charge is 2.16. The Hall–Kier alpha value is -2.82. The maximum atomic E-state index is 12.3. The van der Waals surface area contributed by atoms with Gasteiger partial charge in [-0.05, 0) is 50.1 Å². The zero-order valence-electron chi connectivity index (χ0n) is 14.8. The molecule has 25 heavy (non-hydrogen) atoms. The first kappa shape index (κ1) is 18.5. The normalized spacial score (nSPS) is 11.5. The molecule has 2 N–H and O–H groups in total. The van der Waals surface area contributed by atoms with Gasteiger partial charge in [0, 0.05) is 17.8 Å². The molecule has 0 radical (unpaired) electrons. The molecule has 0 aromatic heterocycles. The second kappa shape index (κ2) is 8.87. The first-order valence-electron chi connectivity index (χ1n) is 8.42. The van der Waals surface area contributed by atoms with E-state index < -0.39 is 6.10 Å². The summed E-state index contributed by atoms with van der Waals surface area (Å²) in [7, 11) is 0. The van der Waals surface area contributed by atoms with Crippen LogP contribution in [0.1, 0.15) is 36.2 Å². The summed E-state index contributed by atoms with van der Waals surface area (Å²) < 4.78 is 5.72. The zero-order valence-corrected chi connectivity index (χ0v) is 14.8. The van der Waals surface area contributed by atoms with Gasteiger partial charge in [-0.1, -0.05) is 31.2 Å². The molecule has 132 valence electrons. The van der Waals surface area contributed by atoms with Gasteiger partial charge in [0.25, 0.3) is 11.8 Å². The number of carbonyl (C=O) groups is 2. The van der Waals surface area contributed by atoms with E-state index in [0.29, 0.717) is 23.5 Å². The molecule has 0 aliphatic heterocycles. The standard InChI is InChI=1S/C20H24N2O3/c1-4-12-21-20(24)16-9-7-10-17(13-16)22-19(23)15(3)25-18-11-6-5-8-14(18)2/h5-11,13,15H,4,12H2,1-3H3,(H,21,24)(H,22,23). The van der Waals surface area contributed by atoms with Crippen molar-refractivity contribution in [1.29, 1.82) is 0 Å². The maximum absolute atomic E-state index is 12.3. The average Bonchev–Trinajstić information content (AvgIpc) is 2.61. The third-order valence-corrected chi connectivity index (χ3v) is 3.69. The van der Waals surface area contributed by atoms with Crippen molar-refractivity contribution < 1.29 is 14.3 Å². The van der Waals surface area contributed by atoms with Gasteiger partial charge >= 0.3 is 0 Å². The highest BCUT2D eigenvalue weighted by molar-refractivity contribution is 5.98. The smallest absolute Gasteiger partial charge is 0.265 e. The highest BCUT2D eigenvalue weighted by atomic mass is 16.5. The molecule has 0 spiro atoms. The van der Waals surface area contributed by atoms with E-state index in [0.717, 1.165) is 12.0 Å². The number of nitrogens with one attached hydrogen (secondary N) is 2. The van der Waals surface area contributed by atoms with E-state index in [9.17, 15) is 9.59 Å². The summed E-state index contributed by atoms with van der Waals surface area (Å²) in [4.78, 5) is 24.4. The van der Waals surface area contributed by atoms with Crippen molar-refractivity contribution in [3.8, 4) is 5.75 Å². The lowest BCUT2D eigenvalue weighted by Gasteiger charge is -2.16. The monoisotopic (exact) mass is 340 g/mol. The van der Waals surface area contributed by atoms with Crippen molar-refractivity contribution in [2.75, 3.05) is 11.9 Å². The summed E-state index contributed by atoms with van der Waals surface area (Å²) in [6.07, 6.45) is 0.217. The van der Waals surface area contributed by atoms with E-state index in [1.807, 2.05) is 38.1 Å². The molecule has 0 heterocycles. The fourth-order valence-corrected chi connectivity index (χ4v) is 2.26. The van der Waals surface area contributed by atoms with Gasteiger partial charge < -0.3 is 15.4 Å². The van der Waals surface area contributed by atoms with Gasteiger partial charge in [0.1, 0.15) is 5.75 Å². The van der Waals surface area contributed by atoms with Crippen molar-refractivity contribution in [1.82, 2.24) is 5.32 Å². The van der Waals surface area contributed by atoms with Crippen molar-refractivity contribution >= 4 is 17.5 Å². The summed E-state index contributed by atoms with van der Waals surface area (Å²) in [6, 6.07) is 14.4. The molecule has 2 aromatic carbocycles. The Kier molecular flexibility index (Phi) is 6.57. The second-order valence-electron chi connectivity index (χ2n) is 5.85. The quantitative estimate of drug-likeness (QED) is 0.810. The van der Waals surface area contributed by atoms with Crippen LogP contribution in [0.5, 0.6) is 5.75 Å². The first-order chi connectivity index (χ1) is 12.0. The van der Waals surface area contributed by atoms with E-state index in [4.69, 9.17) is 4.74 Å². The van der Waals surface area contributed by atoms with Gasteiger partial charge in [-0.2, -0.15) is 0 Å². The van der Waals surface area contributed by atoms with Crippen LogP contribution < -0.4 is 15.4 Å². The van der Waals surface area contributed by atoms with Crippen molar-refractivity contribution in [3.63, 3.8) is 0 Å². The molecule has 1 unspecified atom stereocenters. The Morgan fingerprint density at radius 1 is 1.12 bits per heavy atom. The van der Waals surface area contributed by atoms with Crippen LogP contribution in [0.2, 0.25) is 0 Å². The van der Waals surface area contributed by atoms with E-state index >= 15 is 0 Å². The number of para-hydroxylation sites is 1. The lowest BCUT2D eigenvalue weighted by molar-refractivity contribution is -0.122. The van der Waals surface area contributed by atoms with Gasteiger partial charge in [-0.3, -0.25) is 9.59 Å². The fourth-order valence-electron chi connectivity index (χ4n) is 2.26. The third kappa shape index (κ3) is 5.35. The number of amides is 2. The van der Waals surface area contributed by atoms with Crippen molar-refractivity contribution in [2.24, 2.45) is 0 Å². The van der Waals surface area contributed by atoms with Crippen LogP contribution in [-0.2, 0) is 4.79 Å². The van der Waals surface area contributed by atoms with E-state index in [1.54, 1.807) is 31.2 Å². The lowest BCUT2D eigenvalue weighted by Crippen LogP contribution is -2.30. The van der Waals surface area contributed by atoms with E-state index in [1.165, 1.54) is 0 Å². The summed E-state index contributed by atoms with van der Waals surface area (Å²) in [6.45, 7) is 6.24. The highest BCUT2D eigenvalue weighted by Crippen LogP contribution is 2.18. The number of hydrogen-bond donors (Lipinski definition) is 2. The minimum absolute atomic E-state index is 0.151. The molecule has 0 aliphatic rings. The van der Waals surface area contributed by atoms with E-state index in [2.05, 4.69) is 10.6 Å². The minimum atomic E-state index is -0.654. The second-order valence-corrected chi connectivity index (χ2v) is 5.85. The Bertz CT molecular complexity index is 743. The zero-order chi connectivity index (χ0) is 18.2. The Morgan fingerprint density at radius 3 is 2.60 bits per heavy atom. The predicted octanol–water partition coefficient (Wildman–Crippen LogP) is 3.54. The summed E-state index contributed by atoms with van der Waals surface area (Å²) in [5.74, 6) is 0.259. The Balaban J connectivity index is 2.00. The topological polar surface area (TPSA) is 67.4 Å². The van der Waals surface area contributed by atoms with Gasteiger partial charge in [-0.25, -0.2) is 0 Å². The molecule has 0 saturated carbocycles. The first-order valence-corrected chi connectivity index (χ1v) is 8.42. The van der Waals surface area contributed by atoms with E-state index in [-0.39, 0.29) is 11.8 Å². The largest absolute Gasteiger partial charge is 0.481 e. The number of rotatable bonds is 7. The number of hydrogen-bond acceptors (Lipinski definition) is 3. The van der Waals surface area contributed by atoms with Gasteiger partial charge in [0.2, 0.25) is 0 Å². The molecule has 0 fully saturated rings. The molecule has 0 aliphatic carbocycles. The molecule has 1 atom stereocenters. The minimum Gasteiger partial charge on any atom is -0.481 e. The average molecular weight is 340 g/mol. The van der Waals surface area contributed by atoms with Crippen LogP contribution in [0.25, 0.3) is 0 Å². The van der Waals surface area contributed by atoms with Crippen molar-refractivity contribution in [3.05, 3.63) is 59.7 Å². The van der Waals surface area contributed by atoms with Crippen molar-refractivity contribution in [2.45, 2.75) is 33.3 Å².